The first kappa shape index (κ1) is 19.6. The van der Waals surface area contributed by atoms with Crippen molar-refractivity contribution >= 4 is 27.3 Å². The Balaban J connectivity index is 2.00. The quantitative estimate of drug-likeness (QED) is 0.633. The van der Waals surface area contributed by atoms with Crippen LogP contribution >= 0.6 is 0 Å². The number of amides is 1. The van der Waals surface area contributed by atoms with E-state index in [2.05, 4.69) is 10.0 Å². The van der Waals surface area contributed by atoms with Crippen LogP contribution in [0, 0.1) is 0 Å². The van der Waals surface area contributed by atoms with Crippen molar-refractivity contribution in [2.45, 2.75) is 19.1 Å². The molecule has 0 unspecified atom stereocenters. The first-order valence-corrected chi connectivity index (χ1v) is 10.5. The molecule has 3 aromatic rings. The summed E-state index contributed by atoms with van der Waals surface area (Å²) in [6.07, 6.45) is 0. The number of nitrogens with one attached hydrogen (secondary N) is 2. The number of carbonyl (C=O) groups excluding carboxylic acids is 1. The van der Waals surface area contributed by atoms with Gasteiger partial charge in [0.15, 0.2) is 0 Å². The highest BCUT2D eigenvalue weighted by molar-refractivity contribution is 7.93. The van der Waals surface area contributed by atoms with Crippen molar-refractivity contribution < 1.29 is 13.2 Å². The summed E-state index contributed by atoms with van der Waals surface area (Å²) < 4.78 is 27.3. The average molecular weight is 394 g/mol. The van der Waals surface area contributed by atoms with Crippen LogP contribution in [0.15, 0.2) is 78.9 Å². The predicted molar refractivity (Wildman–Crippen MR) is 114 cm³/mol. The summed E-state index contributed by atoms with van der Waals surface area (Å²) in [5, 5.41) is 2.23. The van der Waals surface area contributed by atoms with Crippen LogP contribution in [-0.4, -0.2) is 19.6 Å². The summed E-state index contributed by atoms with van der Waals surface area (Å²) >= 11 is 0. The van der Waals surface area contributed by atoms with Gasteiger partial charge in [0.05, 0.1) is 16.6 Å². The first-order chi connectivity index (χ1) is 13.4. The monoisotopic (exact) mass is 394 g/mol. The number of rotatable bonds is 6. The molecule has 6 heteroatoms. The Kier molecular flexibility index (Phi) is 5.80. The normalized spacial score (nSPS) is 11.2. The van der Waals surface area contributed by atoms with Gasteiger partial charge in [-0.25, -0.2) is 8.42 Å². The second kappa shape index (κ2) is 8.27. The highest BCUT2D eigenvalue weighted by Gasteiger charge is 2.19. The van der Waals surface area contributed by atoms with Crippen molar-refractivity contribution in [1.82, 2.24) is 0 Å². The third kappa shape index (κ3) is 4.58. The number of anilines is 2. The zero-order chi connectivity index (χ0) is 20.1. The highest BCUT2D eigenvalue weighted by atomic mass is 32.2. The maximum absolute atomic E-state index is 12.6. The van der Waals surface area contributed by atoms with E-state index in [9.17, 15) is 13.2 Å². The Hall–Kier alpha value is -3.12. The summed E-state index contributed by atoms with van der Waals surface area (Å²) in [7, 11) is -3.55. The van der Waals surface area contributed by atoms with Crippen LogP contribution in [0.1, 0.15) is 24.2 Å². The molecule has 0 fully saturated rings. The van der Waals surface area contributed by atoms with E-state index in [0.717, 1.165) is 11.1 Å². The Morgan fingerprint density at radius 1 is 0.786 bits per heavy atom. The van der Waals surface area contributed by atoms with Crippen LogP contribution in [0.3, 0.4) is 0 Å². The molecule has 0 saturated carbocycles. The molecule has 0 aliphatic rings. The largest absolute Gasteiger partial charge is 0.320 e. The van der Waals surface area contributed by atoms with Gasteiger partial charge in [-0.05, 0) is 49.2 Å². The van der Waals surface area contributed by atoms with E-state index in [4.69, 9.17) is 0 Å². The molecule has 0 heterocycles. The molecule has 3 rings (SSSR count). The Labute approximate surface area is 165 Å². The Morgan fingerprint density at radius 3 is 2.00 bits per heavy atom. The Bertz CT molecular complexity index is 1060. The molecular formula is C22H22N2O3S. The smallest absolute Gasteiger partial charge is 0.255 e. The van der Waals surface area contributed by atoms with Gasteiger partial charge in [0.25, 0.3) is 5.91 Å². The molecule has 0 bridgehead atoms. The molecule has 0 aliphatic carbocycles. The third-order valence-corrected chi connectivity index (χ3v) is 6.03. The lowest BCUT2D eigenvalue weighted by atomic mass is 10.0. The van der Waals surface area contributed by atoms with Gasteiger partial charge < -0.3 is 5.32 Å². The fourth-order valence-corrected chi connectivity index (χ4v) is 3.32. The molecule has 0 radical (unpaired) electrons. The second-order valence-corrected chi connectivity index (χ2v) is 8.88. The second-order valence-electron chi connectivity index (χ2n) is 6.64. The summed E-state index contributed by atoms with van der Waals surface area (Å²) in [5.74, 6) is -0.309. The molecule has 0 aromatic heterocycles. The van der Waals surface area contributed by atoms with Gasteiger partial charge in [-0.3, -0.25) is 9.52 Å². The SMILES string of the molecule is CC(C)S(=O)(=O)Nc1ccc(-c2ccccc2)cc1NC(=O)c1ccccc1. The summed E-state index contributed by atoms with van der Waals surface area (Å²) in [6.45, 7) is 3.20. The van der Waals surface area contributed by atoms with E-state index in [1.165, 1.54) is 0 Å². The molecule has 2 N–H and O–H groups in total. The van der Waals surface area contributed by atoms with Gasteiger partial charge in [0, 0.05) is 5.56 Å². The van der Waals surface area contributed by atoms with Crippen molar-refractivity contribution in [1.29, 1.82) is 0 Å². The van der Waals surface area contributed by atoms with Gasteiger partial charge >= 0.3 is 0 Å². The molecule has 0 atom stereocenters. The van der Waals surface area contributed by atoms with Crippen LogP contribution in [0.4, 0.5) is 11.4 Å². The van der Waals surface area contributed by atoms with Crippen LogP contribution in [0.5, 0.6) is 0 Å². The standard InChI is InChI=1S/C22H22N2O3S/c1-16(2)28(26,27)24-20-14-13-19(17-9-5-3-6-10-17)15-21(20)23-22(25)18-11-7-4-8-12-18/h3-16,24H,1-2H3,(H,23,25). The fraction of sp³-hybridized carbons (Fsp3) is 0.136. The van der Waals surface area contributed by atoms with E-state index >= 15 is 0 Å². The number of hydrogen-bond donors (Lipinski definition) is 2. The highest BCUT2D eigenvalue weighted by Crippen LogP contribution is 2.30. The predicted octanol–water partition coefficient (Wildman–Crippen LogP) is 4.76. The van der Waals surface area contributed by atoms with Crippen LogP contribution in [0.25, 0.3) is 11.1 Å². The van der Waals surface area contributed by atoms with Gasteiger partial charge in [0.2, 0.25) is 10.0 Å². The lowest BCUT2D eigenvalue weighted by Gasteiger charge is -2.17. The minimum absolute atomic E-state index is 0.309. The topological polar surface area (TPSA) is 75.3 Å². The van der Waals surface area contributed by atoms with E-state index in [-0.39, 0.29) is 5.91 Å². The zero-order valence-electron chi connectivity index (χ0n) is 15.7. The van der Waals surface area contributed by atoms with E-state index in [1.807, 2.05) is 42.5 Å². The van der Waals surface area contributed by atoms with Gasteiger partial charge in [0.1, 0.15) is 0 Å². The van der Waals surface area contributed by atoms with E-state index in [0.29, 0.717) is 16.9 Å². The maximum Gasteiger partial charge on any atom is 0.255 e. The fourth-order valence-electron chi connectivity index (χ4n) is 2.60. The van der Waals surface area contributed by atoms with Gasteiger partial charge in [-0.1, -0.05) is 54.6 Å². The van der Waals surface area contributed by atoms with Gasteiger partial charge in [-0.2, -0.15) is 0 Å². The summed E-state index contributed by atoms with van der Waals surface area (Å²) in [4.78, 5) is 12.6. The van der Waals surface area contributed by atoms with Crippen LogP contribution < -0.4 is 10.0 Å². The molecule has 28 heavy (non-hydrogen) atoms. The Morgan fingerprint density at radius 2 is 1.39 bits per heavy atom. The van der Waals surface area contributed by atoms with Crippen molar-refractivity contribution in [3.8, 4) is 11.1 Å². The number of carbonyl (C=O) groups is 1. The lowest BCUT2D eigenvalue weighted by Crippen LogP contribution is -2.23. The number of sulfonamides is 1. The summed E-state index contributed by atoms with van der Waals surface area (Å²) in [6, 6.07) is 23.7. The zero-order valence-corrected chi connectivity index (χ0v) is 16.5. The van der Waals surface area contributed by atoms with Crippen molar-refractivity contribution in [3.05, 3.63) is 84.4 Å². The molecule has 0 spiro atoms. The van der Waals surface area contributed by atoms with E-state index < -0.39 is 15.3 Å². The molecule has 0 saturated heterocycles. The lowest BCUT2D eigenvalue weighted by molar-refractivity contribution is 0.102. The molecule has 1 amide bonds. The maximum atomic E-state index is 12.6. The van der Waals surface area contributed by atoms with Crippen molar-refractivity contribution in [3.63, 3.8) is 0 Å². The van der Waals surface area contributed by atoms with Crippen molar-refractivity contribution in [2.75, 3.05) is 10.0 Å². The molecule has 5 nitrogen and oxygen atoms in total. The number of benzene rings is 3. The summed E-state index contributed by atoms with van der Waals surface area (Å²) in [5.41, 5.74) is 3.06. The number of hydrogen-bond acceptors (Lipinski definition) is 3. The molecule has 3 aromatic carbocycles. The van der Waals surface area contributed by atoms with Gasteiger partial charge in [-0.15, -0.1) is 0 Å². The average Bonchev–Trinajstić information content (AvgIpc) is 2.70. The first-order valence-electron chi connectivity index (χ1n) is 8.94. The third-order valence-electron chi connectivity index (χ3n) is 4.28. The molecule has 144 valence electrons. The molecule has 0 aliphatic heterocycles. The van der Waals surface area contributed by atoms with Crippen LogP contribution in [0.2, 0.25) is 0 Å². The van der Waals surface area contributed by atoms with Crippen molar-refractivity contribution in [2.24, 2.45) is 0 Å². The van der Waals surface area contributed by atoms with Crippen LogP contribution in [-0.2, 0) is 10.0 Å². The molecular weight excluding hydrogens is 372 g/mol. The minimum Gasteiger partial charge on any atom is -0.320 e. The minimum atomic E-state index is -3.55. The van der Waals surface area contributed by atoms with E-state index in [1.54, 1.807) is 50.2 Å².